The van der Waals surface area contributed by atoms with Crippen LogP contribution >= 0.6 is 27.3 Å². The lowest BCUT2D eigenvalue weighted by Crippen LogP contribution is -2.43. The van der Waals surface area contributed by atoms with Crippen molar-refractivity contribution < 1.29 is 4.79 Å². The zero-order chi connectivity index (χ0) is 13.9. The summed E-state index contributed by atoms with van der Waals surface area (Å²) in [5.41, 5.74) is 0.0821. The third-order valence-corrected chi connectivity index (χ3v) is 4.44. The Morgan fingerprint density at radius 3 is 2.89 bits per heavy atom. The van der Waals surface area contributed by atoms with Gasteiger partial charge in [-0.05, 0) is 35.3 Å². The zero-order valence-corrected chi connectivity index (χ0v) is 13.1. The molecule has 0 aliphatic carbocycles. The van der Waals surface area contributed by atoms with E-state index < -0.39 is 5.54 Å². The van der Waals surface area contributed by atoms with Crippen LogP contribution in [0.1, 0.15) is 35.6 Å². The van der Waals surface area contributed by atoms with Gasteiger partial charge >= 0.3 is 0 Å². The summed E-state index contributed by atoms with van der Waals surface area (Å²) >= 11 is 4.86. The van der Waals surface area contributed by atoms with Crippen LogP contribution in [-0.2, 0) is 5.54 Å². The molecule has 0 radical (unpaired) electrons. The van der Waals surface area contributed by atoms with Gasteiger partial charge in [0.05, 0.1) is 11.1 Å². The first-order chi connectivity index (χ1) is 9.05. The van der Waals surface area contributed by atoms with Gasteiger partial charge in [0.25, 0.3) is 5.91 Å². The Labute approximate surface area is 124 Å². The third-order valence-electron chi connectivity index (χ3n) is 2.97. The molecule has 0 spiro atoms. The van der Waals surface area contributed by atoms with E-state index in [1.165, 1.54) is 0 Å². The molecule has 4 nitrogen and oxygen atoms in total. The number of aromatic nitrogens is 2. The fraction of sp³-hybridized carbons (Fsp3) is 0.308. The van der Waals surface area contributed by atoms with Crippen molar-refractivity contribution in [3.05, 3.63) is 45.1 Å². The minimum atomic E-state index is -0.451. The fourth-order valence-electron chi connectivity index (χ4n) is 1.65. The van der Waals surface area contributed by atoms with Crippen LogP contribution in [0.15, 0.2) is 34.5 Å². The van der Waals surface area contributed by atoms with Gasteiger partial charge in [0.2, 0.25) is 0 Å². The fourth-order valence-corrected chi connectivity index (χ4v) is 2.84. The van der Waals surface area contributed by atoms with Gasteiger partial charge in [0, 0.05) is 28.4 Å². The average Bonchev–Trinajstić information content (AvgIpc) is 2.93. The van der Waals surface area contributed by atoms with Crippen LogP contribution < -0.4 is 5.32 Å². The lowest BCUT2D eigenvalue weighted by atomic mass is 9.99. The highest BCUT2D eigenvalue weighted by atomic mass is 79.9. The molecular weight excluding hydrogens is 326 g/mol. The minimum absolute atomic E-state index is 0.145. The number of carbonyl (C=O) groups is 1. The standard InChI is InChI=1S/C13H14BrN3OS/c1-3-13(2,12-16-4-5-19-12)17-11(18)9-6-10(14)8-15-7-9/h4-8H,3H2,1-2H3,(H,17,18). The summed E-state index contributed by atoms with van der Waals surface area (Å²) in [7, 11) is 0. The van der Waals surface area contributed by atoms with Crippen LogP contribution in [0.4, 0.5) is 0 Å². The summed E-state index contributed by atoms with van der Waals surface area (Å²) in [5, 5.41) is 5.86. The first-order valence-electron chi connectivity index (χ1n) is 5.88. The van der Waals surface area contributed by atoms with E-state index in [9.17, 15) is 4.79 Å². The summed E-state index contributed by atoms with van der Waals surface area (Å²) in [6, 6.07) is 1.75. The smallest absolute Gasteiger partial charge is 0.253 e. The molecule has 19 heavy (non-hydrogen) atoms. The lowest BCUT2D eigenvalue weighted by Gasteiger charge is -2.27. The van der Waals surface area contributed by atoms with E-state index in [2.05, 4.69) is 31.2 Å². The first-order valence-corrected chi connectivity index (χ1v) is 7.55. The molecular formula is C13H14BrN3OS. The van der Waals surface area contributed by atoms with E-state index in [1.807, 2.05) is 19.2 Å². The van der Waals surface area contributed by atoms with E-state index in [0.29, 0.717) is 5.56 Å². The molecule has 0 bridgehead atoms. The highest BCUT2D eigenvalue weighted by Gasteiger charge is 2.29. The summed E-state index contributed by atoms with van der Waals surface area (Å²) in [5.74, 6) is -0.145. The second-order valence-corrected chi connectivity index (χ2v) is 6.18. The molecule has 0 aromatic carbocycles. The number of pyridine rings is 1. The topological polar surface area (TPSA) is 54.9 Å². The van der Waals surface area contributed by atoms with E-state index in [4.69, 9.17) is 0 Å². The zero-order valence-electron chi connectivity index (χ0n) is 10.7. The normalized spacial score (nSPS) is 13.8. The van der Waals surface area contributed by atoms with Gasteiger partial charge in [-0.25, -0.2) is 4.98 Å². The number of thiazole rings is 1. The number of carbonyl (C=O) groups excluding carboxylic acids is 1. The van der Waals surface area contributed by atoms with Gasteiger partial charge < -0.3 is 5.32 Å². The molecule has 100 valence electrons. The van der Waals surface area contributed by atoms with Crippen LogP contribution in [0.3, 0.4) is 0 Å². The predicted octanol–water partition coefficient (Wildman–Crippen LogP) is 3.36. The van der Waals surface area contributed by atoms with Crippen molar-refractivity contribution >= 4 is 33.2 Å². The summed E-state index contributed by atoms with van der Waals surface area (Å²) < 4.78 is 0.785. The molecule has 1 unspecified atom stereocenters. The Balaban J connectivity index is 2.22. The summed E-state index contributed by atoms with van der Waals surface area (Å²) in [4.78, 5) is 20.6. The molecule has 1 amide bonds. The van der Waals surface area contributed by atoms with Gasteiger partial charge in [-0.2, -0.15) is 0 Å². The molecule has 0 aliphatic rings. The van der Waals surface area contributed by atoms with Gasteiger partial charge in [-0.1, -0.05) is 6.92 Å². The number of amides is 1. The van der Waals surface area contributed by atoms with Gasteiger partial charge in [-0.3, -0.25) is 9.78 Å². The highest BCUT2D eigenvalue weighted by molar-refractivity contribution is 9.10. The predicted molar refractivity (Wildman–Crippen MR) is 79.2 cm³/mol. The summed E-state index contributed by atoms with van der Waals surface area (Å²) in [6.07, 6.45) is 5.73. The Kier molecular flexibility index (Phi) is 4.31. The second-order valence-electron chi connectivity index (χ2n) is 4.37. The van der Waals surface area contributed by atoms with E-state index in [1.54, 1.807) is 36.0 Å². The SMILES string of the molecule is CCC(C)(NC(=O)c1cncc(Br)c1)c1nccs1. The van der Waals surface area contributed by atoms with Crippen molar-refractivity contribution in [3.8, 4) is 0 Å². The Morgan fingerprint density at radius 2 is 2.32 bits per heavy atom. The third kappa shape index (κ3) is 3.19. The molecule has 0 saturated heterocycles. The number of halogens is 1. The molecule has 2 aromatic rings. The maximum atomic E-state index is 12.3. The van der Waals surface area contributed by atoms with Crippen molar-refractivity contribution in [1.29, 1.82) is 0 Å². The molecule has 0 fully saturated rings. The maximum Gasteiger partial charge on any atom is 0.253 e. The molecule has 0 aliphatic heterocycles. The number of rotatable bonds is 4. The average molecular weight is 340 g/mol. The number of nitrogens with one attached hydrogen (secondary N) is 1. The van der Waals surface area contributed by atoms with Crippen LogP contribution in [0.25, 0.3) is 0 Å². The summed E-state index contributed by atoms with van der Waals surface area (Å²) in [6.45, 7) is 4.01. The van der Waals surface area contributed by atoms with Crippen molar-refractivity contribution in [2.45, 2.75) is 25.8 Å². The number of hydrogen-bond acceptors (Lipinski definition) is 4. The number of nitrogens with zero attached hydrogens (tertiary/aromatic N) is 2. The van der Waals surface area contributed by atoms with Crippen LogP contribution in [0.5, 0.6) is 0 Å². The molecule has 2 rings (SSSR count). The molecule has 2 heterocycles. The Morgan fingerprint density at radius 1 is 1.53 bits per heavy atom. The van der Waals surface area contributed by atoms with E-state index in [0.717, 1.165) is 15.9 Å². The quantitative estimate of drug-likeness (QED) is 0.929. The Hall–Kier alpha value is -1.27. The highest BCUT2D eigenvalue weighted by Crippen LogP contribution is 2.26. The first kappa shape index (κ1) is 14.1. The molecule has 6 heteroatoms. The number of hydrogen-bond donors (Lipinski definition) is 1. The molecule has 1 N–H and O–H groups in total. The van der Waals surface area contributed by atoms with Crippen molar-refractivity contribution in [1.82, 2.24) is 15.3 Å². The van der Waals surface area contributed by atoms with Crippen molar-refractivity contribution in [3.63, 3.8) is 0 Å². The lowest BCUT2D eigenvalue weighted by molar-refractivity contribution is 0.0901. The maximum absolute atomic E-state index is 12.3. The van der Waals surface area contributed by atoms with Crippen LogP contribution in [-0.4, -0.2) is 15.9 Å². The van der Waals surface area contributed by atoms with Gasteiger partial charge in [0.15, 0.2) is 0 Å². The molecule has 2 aromatic heterocycles. The molecule has 1 atom stereocenters. The van der Waals surface area contributed by atoms with Crippen molar-refractivity contribution in [2.24, 2.45) is 0 Å². The van der Waals surface area contributed by atoms with Gasteiger partial charge in [-0.15, -0.1) is 11.3 Å². The van der Waals surface area contributed by atoms with Crippen LogP contribution in [0.2, 0.25) is 0 Å². The second kappa shape index (κ2) is 5.79. The van der Waals surface area contributed by atoms with Crippen molar-refractivity contribution in [2.75, 3.05) is 0 Å². The van der Waals surface area contributed by atoms with Crippen LogP contribution in [0, 0.1) is 0 Å². The largest absolute Gasteiger partial charge is 0.340 e. The Bertz CT molecular complexity index is 573. The monoisotopic (exact) mass is 339 g/mol. The van der Waals surface area contributed by atoms with Gasteiger partial charge in [0.1, 0.15) is 5.01 Å². The van der Waals surface area contributed by atoms with E-state index >= 15 is 0 Å². The minimum Gasteiger partial charge on any atom is -0.340 e. The van der Waals surface area contributed by atoms with E-state index in [-0.39, 0.29) is 5.91 Å². The molecule has 0 saturated carbocycles.